The van der Waals surface area contributed by atoms with E-state index in [-0.39, 0.29) is 42.8 Å². The van der Waals surface area contributed by atoms with Crippen molar-refractivity contribution in [3.63, 3.8) is 0 Å². The van der Waals surface area contributed by atoms with Crippen LogP contribution in [0.15, 0.2) is 40.8 Å². The second-order valence-corrected chi connectivity index (χ2v) is 6.59. The average Bonchev–Trinajstić information content (AvgIpc) is 3.08. The van der Waals surface area contributed by atoms with E-state index in [9.17, 15) is 18.4 Å². The van der Waals surface area contributed by atoms with E-state index >= 15 is 0 Å². The van der Waals surface area contributed by atoms with Crippen molar-refractivity contribution in [3.05, 3.63) is 58.6 Å². The number of urea groups is 1. The lowest BCUT2D eigenvalue weighted by Gasteiger charge is -2.18. The number of likely N-dealkylation sites (N-methyl/N-ethyl adjacent to an activating group) is 1. The fourth-order valence-electron chi connectivity index (χ4n) is 2.42. The summed E-state index contributed by atoms with van der Waals surface area (Å²) in [4.78, 5) is 29.0. The van der Waals surface area contributed by atoms with Gasteiger partial charge in [0, 0.05) is 30.7 Å². The molecule has 2 aromatic carbocycles. The number of ether oxygens (including phenoxy) is 1. The number of amides is 3. The van der Waals surface area contributed by atoms with Crippen LogP contribution in [0.25, 0.3) is 11.1 Å². The van der Waals surface area contributed by atoms with Gasteiger partial charge in [0.05, 0.1) is 6.54 Å². The molecule has 2 N–H and O–H groups in total. The number of halogens is 3. The van der Waals surface area contributed by atoms with Crippen LogP contribution in [0, 0.1) is 11.6 Å². The molecule has 0 aliphatic heterocycles. The lowest BCUT2D eigenvalue weighted by molar-refractivity contribution is 0.146. The number of nitrogens with one attached hydrogen (secondary N) is 2. The number of fused-ring (bicyclic) bond motifs is 1. The van der Waals surface area contributed by atoms with Gasteiger partial charge in [0.1, 0.15) is 12.1 Å². The Morgan fingerprint density at radius 1 is 1.23 bits per heavy atom. The van der Waals surface area contributed by atoms with E-state index in [0.29, 0.717) is 5.02 Å². The summed E-state index contributed by atoms with van der Waals surface area (Å²) in [6, 6.07) is 8.15. The van der Waals surface area contributed by atoms with E-state index in [0.717, 1.165) is 17.7 Å². The molecule has 11 heteroatoms. The van der Waals surface area contributed by atoms with Gasteiger partial charge in [0.25, 0.3) is 0 Å². The van der Waals surface area contributed by atoms with Crippen molar-refractivity contribution in [2.75, 3.05) is 25.5 Å². The van der Waals surface area contributed by atoms with Gasteiger partial charge in [0.15, 0.2) is 17.2 Å². The van der Waals surface area contributed by atoms with Crippen LogP contribution in [0.4, 0.5) is 24.4 Å². The van der Waals surface area contributed by atoms with Crippen molar-refractivity contribution in [3.8, 4) is 0 Å². The normalized spacial score (nSPS) is 10.7. The number of benzene rings is 2. The molecule has 0 aliphatic rings. The monoisotopic (exact) mass is 438 g/mol. The van der Waals surface area contributed by atoms with Gasteiger partial charge < -0.3 is 19.4 Å². The summed E-state index contributed by atoms with van der Waals surface area (Å²) in [5.41, 5.74) is 0.785. The van der Waals surface area contributed by atoms with E-state index in [1.54, 1.807) is 18.2 Å². The van der Waals surface area contributed by atoms with Crippen LogP contribution in [0.5, 0.6) is 0 Å². The zero-order valence-corrected chi connectivity index (χ0v) is 16.5. The summed E-state index contributed by atoms with van der Waals surface area (Å²) in [5.74, 6) is -2.18. The molecule has 0 bridgehead atoms. The maximum absolute atomic E-state index is 13.2. The highest BCUT2D eigenvalue weighted by molar-refractivity contribution is 6.31. The molecule has 3 rings (SSSR count). The first-order valence-electron chi connectivity index (χ1n) is 8.75. The third kappa shape index (κ3) is 5.35. The predicted octanol–water partition coefficient (Wildman–Crippen LogP) is 4.15. The van der Waals surface area contributed by atoms with Crippen molar-refractivity contribution >= 4 is 40.8 Å². The van der Waals surface area contributed by atoms with Crippen LogP contribution in [0.1, 0.15) is 5.56 Å². The van der Waals surface area contributed by atoms with Crippen molar-refractivity contribution in [1.82, 2.24) is 15.2 Å². The van der Waals surface area contributed by atoms with Gasteiger partial charge in [0.2, 0.25) is 0 Å². The lowest BCUT2D eigenvalue weighted by Crippen LogP contribution is -2.39. The van der Waals surface area contributed by atoms with Crippen molar-refractivity contribution < 1.29 is 27.5 Å². The third-order valence-corrected chi connectivity index (χ3v) is 4.40. The number of carbonyl (C=O) groups excluding carboxylic acids is 2. The number of hydrogen-bond acceptors (Lipinski definition) is 5. The molecule has 1 aromatic heterocycles. The van der Waals surface area contributed by atoms with Crippen LogP contribution >= 0.6 is 11.6 Å². The van der Waals surface area contributed by atoms with Gasteiger partial charge in [-0.25, -0.2) is 23.7 Å². The smallest absolute Gasteiger partial charge is 0.415 e. The first-order valence-corrected chi connectivity index (χ1v) is 9.13. The summed E-state index contributed by atoms with van der Waals surface area (Å²) in [6.07, 6.45) is -0.896. The quantitative estimate of drug-likeness (QED) is 0.602. The average molecular weight is 439 g/mol. The minimum Gasteiger partial charge on any atom is -0.447 e. The largest absolute Gasteiger partial charge is 0.447 e. The third-order valence-electron chi connectivity index (χ3n) is 4.03. The van der Waals surface area contributed by atoms with E-state index < -0.39 is 17.7 Å². The number of aromatic nitrogens is 1. The Bertz CT molecular complexity index is 1040. The Balaban J connectivity index is 1.42. The molecule has 158 valence electrons. The highest BCUT2D eigenvalue weighted by Gasteiger charge is 2.14. The van der Waals surface area contributed by atoms with Crippen LogP contribution < -0.4 is 10.6 Å². The van der Waals surface area contributed by atoms with Gasteiger partial charge in [-0.2, -0.15) is 4.98 Å². The second-order valence-electron chi connectivity index (χ2n) is 6.19. The van der Waals surface area contributed by atoms with E-state index in [1.165, 1.54) is 11.9 Å². The molecule has 0 saturated carbocycles. The highest BCUT2D eigenvalue weighted by atomic mass is 35.5. The Morgan fingerprint density at radius 3 is 2.73 bits per heavy atom. The van der Waals surface area contributed by atoms with Gasteiger partial charge in [-0.05, 0) is 11.6 Å². The molecule has 30 heavy (non-hydrogen) atoms. The molecule has 0 radical (unpaired) electrons. The zero-order chi connectivity index (χ0) is 21.7. The molecule has 3 amide bonds. The van der Waals surface area contributed by atoms with E-state index in [1.807, 2.05) is 6.07 Å². The number of oxazole rings is 1. The summed E-state index contributed by atoms with van der Waals surface area (Å²) in [7, 11) is 1.53. The molecule has 3 aromatic rings. The maximum Gasteiger partial charge on any atom is 0.415 e. The van der Waals surface area contributed by atoms with Crippen molar-refractivity contribution in [2.24, 2.45) is 0 Å². The molecule has 0 atom stereocenters. The van der Waals surface area contributed by atoms with Crippen LogP contribution in [-0.4, -0.2) is 42.2 Å². The van der Waals surface area contributed by atoms with Crippen LogP contribution in [0.3, 0.4) is 0 Å². The molecule has 0 unspecified atom stereocenters. The molecule has 0 aliphatic carbocycles. The fraction of sp³-hybridized carbons (Fsp3) is 0.211. The van der Waals surface area contributed by atoms with Gasteiger partial charge in [-0.15, -0.1) is 0 Å². The van der Waals surface area contributed by atoms with Crippen molar-refractivity contribution in [2.45, 2.75) is 6.54 Å². The summed E-state index contributed by atoms with van der Waals surface area (Å²) in [6.45, 7) is 0.264. The Morgan fingerprint density at radius 2 is 1.97 bits per heavy atom. The Kier molecular flexibility index (Phi) is 6.68. The molecule has 0 spiro atoms. The first-order chi connectivity index (χ1) is 14.3. The molecule has 8 nitrogen and oxygen atoms in total. The maximum atomic E-state index is 13.2. The minimum absolute atomic E-state index is 0.0286. The number of nitrogens with zero attached hydrogens (tertiary/aromatic N) is 2. The summed E-state index contributed by atoms with van der Waals surface area (Å²) in [5, 5.41) is 5.46. The lowest BCUT2D eigenvalue weighted by atomic mass is 10.2. The van der Waals surface area contributed by atoms with Crippen LogP contribution in [0.2, 0.25) is 5.02 Å². The summed E-state index contributed by atoms with van der Waals surface area (Å²) < 4.78 is 36.4. The van der Waals surface area contributed by atoms with Gasteiger partial charge in [-0.3, -0.25) is 0 Å². The zero-order valence-electron chi connectivity index (χ0n) is 15.7. The number of carbonyl (C=O) groups is 2. The fourth-order valence-corrected chi connectivity index (χ4v) is 2.63. The van der Waals surface area contributed by atoms with Crippen molar-refractivity contribution in [1.29, 1.82) is 0 Å². The molecular weight excluding hydrogens is 422 g/mol. The first kappa shape index (κ1) is 21.3. The highest BCUT2D eigenvalue weighted by Crippen LogP contribution is 2.21. The Labute approximate surface area is 174 Å². The SMILES string of the molecule is CN(CCOC(=O)Nc1nc2cc(F)c(F)cc2o1)C(=O)NCc1ccccc1Cl. The molecule has 1 heterocycles. The Hall–Kier alpha value is -3.40. The van der Waals surface area contributed by atoms with E-state index in [2.05, 4.69) is 15.6 Å². The van der Waals surface area contributed by atoms with Gasteiger partial charge >= 0.3 is 18.1 Å². The number of rotatable bonds is 6. The number of anilines is 1. The summed E-state index contributed by atoms with van der Waals surface area (Å²) >= 11 is 6.03. The number of hydrogen-bond donors (Lipinski definition) is 2. The van der Waals surface area contributed by atoms with E-state index in [4.69, 9.17) is 20.8 Å². The minimum atomic E-state index is -1.09. The molecule has 0 saturated heterocycles. The molecular formula is C19H17ClF2N4O4. The standard InChI is InChI=1S/C19H17ClF2N4O4/c1-26(18(27)23-10-11-4-2-3-5-12(11)20)6-7-29-19(28)25-17-24-15-8-13(21)14(22)9-16(15)30-17/h2-5,8-9H,6-7,10H2,1H3,(H,23,27)(H,24,25,28). The predicted molar refractivity (Wildman–Crippen MR) is 105 cm³/mol. The second kappa shape index (κ2) is 9.40. The topological polar surface area (TPSA) is 96.7 Å². The molecule has 0 fully saturated rings. The van der Waals surface area contributed by atoms with Gasteiger partial charge in [-0.1, -0.05) is 29.8 Å². The van der Waals surface area contributed by atoms with Crippen LogP contribution in [-0.2, 0) is 11.3 Å².